The number of benzene rings is 2. The van der Waals surface area contributed by atoms with Crippen molar-refractivity contribution in [2.24, 2.45) is 0 Å². The molecular weight excluding hydrogens is 402 g/mol. The molecule has 4 aromatic rings. The van der Waals surface area contributed by atoms with Gasteiger partial charge in [0.1, 0.15) is 5.69 Å². The van der Waals surface area contributed by atoms with Gasteiger partial charge < -0.3 is 10.6 Å². The summed E-state index contributed by atoms with van der Waals surface area (Å²) < 4.78 is 0. The number of pyridine rings is 1. The van der Waals surface area contributed by atoms with Gasteiger partial charge in [0.25, 0.3) is 11.8 Å². The summed E-state index contributed by atoms with van der Waals surface area (Å²) in [6.07, 6.45) is 3.10. The molecule has 2 amide bonds. The number of rotatable bonds is 5. The van der Waals surface area contributed by atoms with Gasteiger partial charge >= 0.3 is 0 Å². The number of anilines is 2. The fourth-order valence-electron chi connectivity index (χ4n) is 2.79. The second kappa shape index (κ2) is 8.59. The van der Waals surface area contributed by atoms with Crippen molar-refractivity contribution in [1.29, 1.82) is 0 Å². The van der Waals surface area contributed by atoms with E-state index in [2.05, 4.69) is 25.8 Å². The summed E-state index contributed by atoms with van der Waals surface area (Å²) in [5.41, 5.74) is 3.37. The van der Waals surface area contributed by atoms with Gasteiger partial charge in [0.05, 0.1) is 5.69 Å². The van der Waals surface area contributed by atoms with Crippen LogP contribution in [-0.2, 0) is 0 Å². The minimum absolute atomic E-state index is 0.262. The van der Waals surface area contributed by atoms with E-state index < -0.39 is 0 Å². The van der Waals surface area contributed by atoms with E-state index in [1.54, 1.807) is 67.0 Å². The second-order valence-corrected chi connectivity index (χ2v) is 6.84. The van der Waals surface area contributed by atoms with Gasteiger partial charge in [0, 0.05) is 39.9 Å². The first-order valence-electron chi connectivity index (χ1n) is 9.02. The fraction of sp³-hybridized carbons (Fsp3) is 0. The van der Waals surface area contributed by atoms with E-state index in [0.717, 1.165) is 5.56 Å². The number of aromatic amines is 1. The molecule has 148 valence electrons. The van der Waals surface area contributed by atoms with Crippen LogP contribution in [0.25, 0.3) is 11.3 Å². The highest BCUT2D eigenvalue weighted by Crippen LogP contribution is 2.21. The molecule has 0 aliphatic carbocycles. The van der Waals surface area contributed by atoms with Crippen LogP contribution in [0, 0.1) is 0 Å². The van der Waals surface area contributed by atoms with Crippen molar-refractivity contribution in [3.05, 3.63) is 95.4 Å². The van der Waals surface area contributed by atoms with E-state index in [1.165, 1.54) is 0 Å². The molecule has 0 fully saturated rings. The third-order valence-electron chi connectivity index (χ3n) is 4.28. The zero-order valence-corrected chi connectivity index (χ0v) is 16.4. The van der Waals surface area contributed by atoms with Gasteiger partial charge in [0.2, 0.25) is 0 Å². The Morgan fingerprint density at radius 2 is 1.50 bits per heavy atom. The van der Waals surface area contributed by atoms with Crippen LogP contribution in [0.4, 0.5) is 11.4 Å². The minimum Gasteiger partial charge on any atom is -0.322 e. The molecule has 2 aromatic carbocycles. The predicted molar refractivity (Wildman–Crippen MR) is 116 cm³/mol. The first-order chi connectivity index (χ1) is 14.6. The summed E-state index contributed by atoms with van der Waals surface area (Å²) in [5.74, 6) is -0.609. The lowest BCUT2D eigenvalue weighted by atomic mass is 10.1. The highest BCUT2D eigenvalue weighted by molar-refractivity contribution is 6.30. The Morgan fingerprint density at radius 1 is 0.833 bits per heavy atom. The average molecular weight is 418 g/mol. The van der Waals surface area contributed by atoms with E-state index in [-0.39, 0.29) is 11.8 Å². The third-order valence-corrected chi connectivity index (χ3v) is 4.54. The van der Waals surface area contributed by atoms with Crippen LogP contribution in [0.15, 0.2) is 79.1 Å². The number of aromatic nitrogens is 3. The maximum Gasteiger partial charge on any atom is 0.273 e. The number of amides is 2. The molecular formula is C22H16ClN5O2. The number of H-pyrrole nitrogens is 1. The molecule has 2 heterocycles. The Bertz CT molecular complexity index is 1190. The van der Waals surface area contributed by atoms with Crippen LogP contribution >= 0.6 is 11.6 Å². The van der Waals surface area contributed by atoms with Gasteiger partial charge in [-0.05, 0) is 48.5 Å². The summed E-state index contributed by atoms with van der Waals surface area (Å²) >= 11 is 5.90. The molecule has 0 saturated heterocycles. The standard InChI is InChI=1S/C22H16ClN5O2/c23-16-6-4-14(5-7-16)19-13-20(28-27-19)22(30)26-18-3-1-2-17(12-18)25-21(29)15-8-10-24-11-9-15/h1-13H,(H,25,29)(H,26,30)(H,27,28). The normalized spacial score (nSPS) is 10.4. The van der Waals surface area contributed by atoms with Crippen molar-refractivity contribution in [3.8, 4) is 11.3 Å². The lowest BCUT2D eigenvalue weighted by Crippen LogP contribution is -2.14. The van der Waals surface area contributed by atoms with Crippen molar-refractivity contribution in [2.45, 2.75) is 0 Å². The Hall–Kier alpha value is -3.97. The topological polar surface area (TPSA) is 99.8 Å². The summed E-state index contributed by atoms with van der Waals surface area (Å²) in [6, 6.07) is 19.0. The smallest absolute Gasteiger partial charge is 0.273 e. The number of halogens is 1. The first-order valence-corrected chi connectivity index (χ1v) is 9.40. The number of carbonyl (C=O) groups excluding carboxylic acids is 2. The Morgan fingerprint density at radius 3 is 2.20 bits per heavy atom. The highest BCUT2D eigenvalue weighted by atomic mass is 35.5. The maximum absolute atomic E-state index is 12.6. The molecule has 0 bridgehead atoms. The lowest BCUT2D eigenvalue weighted by Gasteiger charge is -2.08. The molecule has 3 N–H and O–H groups in total. The number of carbonyl (C=O) groups is 2. The van der Waals surface area contributed by atoms with Crippen molar-refractivity contribution in [1.82, 2.24) is 15.2 Å². The predicted octanol–water partition coefficient (Wildman–Crippen LogP) is 4.63. The van der Waals surface area contributed by atoms with Crippen LogP contribution in [0.1, 0.15) is 20.8 Å². The summed E-state index contributed by atoms with van der Waals surface area (Å²) in [7, 11) is 0. The van der Waals surface area contributed by atoms with Crippen LogP contribution in [0.2, 0.25) is 5.02 Å². The Balaban J connectivity index is 1.44. The van der Waals surface area contributed by atoms with Gasteiger partial charge in [-0.2, -0.15) is 5.10 Å². The zero-order chi connectivity index (χ0) is 20.9. The van der Waals surface area contributed by atoms with Crippen LogP contribution in [0.3, 0.4) is 0 Å². The van der Waals surface area contributed by atoms with E-state index in [1.807, 2.05) is 12.1 Å². The van der Waals surface area contributed by atoms with Gasteiger partial charge in [-0.1, -0.05) is 29.8 Å². The molecule has 7 nitrogen and oxygen atoms in total. The lowest BCUT2D eigenvalue weighted by molar-refractivity contribution is 0.101. The molecule has 30 heavy (non-hydrogen) atoms. The Kier molecular flexibility index (Phi) is 5.54. The highest BCUT2D eigenvalue weighted by Gasteiger charge is 2.12. The van der Waals surface area contributed by atoms with E-state index in [0.29, 0.717) is 33.3 Å². The van der Waals surface area contributed by atoms with E-state index in [4.69, 9.17) is 11.6 Å². The molecule has 0 aliphatic heterocycles. The average Bonchev–Trinajstić information content (AvgIpc) is 3.26. The molecule has 0 unspecified atom stereocenters. The Labute approximate surface area is 177 Å². The SMILES string of the molecule is O=C(Nc1cccc(NC(=O)c2cc(-c3ccc(Cl)cc3)n[nH]2)c1)c1ccncc1. The van der Waals surface area contributed by atoms with E-state index in [9.17, 15) is 9.59 Å². The quantitative estimate of drug-likeness (QED) is 0.440. The minimum atomic E-state index is -0.347. The fourth-order valence-corrected chi connectivity index (χ4v) is 2.91. The van der Waals surface area contributed by atoms with Gasteiger partial charge in [-0.3, -0.25) is 19.7 Å². The summed E-state index contributed by atoms with van der Waals surface area (Å²) in [6.45, 7) is 0. The van der Waals surface area contributed by atoms with Gasteiger partial charge in [-0.25, -0.2) is 0 Å². The molecule has 2 aromatic heterocycles. The van der Waals surface area contributed by atoms with E-state index >= 15 is 0 Å². The van der Waals surface area contributed by atoms with Crippen molar-refractivity contribution < 1.29 is 9.59 Å². The third kappa shape index (κ3) is 4.53. The molecule has 0 atom stereocenters. The molecule has 0 radical (unpaired) electrons. The first kappa shape index (κ1) is 19.4. The largest absolute Gasteiger partial charge is 0.322 e. The number of hydrogen-bond donors (Lipinski definition) is 3. The molecule has 8 heteroatoms. The van der Waals surface area contributed by atoms with Crippen molar-refractivity contribution >= 4 is 34.8 Å². The molecule has 0 spiro atoms. The maximum atomic E-state index is 12.6. The van der Waals surface area contributed by atoms with Crippen LogP contribution in [-0.4, -0.2) is 27.0 Å². The number of nitrogens with zero attached hydrogens (tertiary/aromatic N) is 2. The van der Waals surface area contributed by atoms with Gasteiger partial charge in [0.15, 0.2) is 0 Å². The molecule has 4 rings (SSSR count). The zero-order valence-electron chi connectivity index (χ0n) is 15.6. The second-order valence-electron chi connectivity index (χ2n) is 6.40. The monoisotopic (exact) mass is 417 g/mol. The van der Waals surface area contributed by atoms with Crippen LogP contribution in [0.5, 0.6) is 0 Å². The van der Waals surface area contributed by atoms with Crippen molar-refractivity contribution in [2.75, 3.05) is 10.6 Å². The number of hydrogen-bond acceptors (Lipinski definition) is 4. The number of nitrogens with one attached hydrogen (secondary N) is 3. The summed E-state index contributed by atoms with van der Waals surface area (Å²) in [4.78, 5) is 28.7. The molecule has 0 saturated carbocycles. The molecule has 0 aliphatic rings. The van der Waals surface area contributed by atoms with Gasteiger partial charge in [-0.15, -0.1) is 0 Å². The summed E-state index contributed by atoms with van der Waals surface area (Å²) in [5, 5.41) is 13.1. The van der Waals surface area contributed by atoms with Crippen molar-refractivity contribution in [3.63, 3.8) is 0 Å². The van der Waals surface area contributed by atoms with Crippen LogP contribution < -0.4 is 10.6 Å².